The van der Waals surface area contributed by atoms with Gasteiger partial charge in [-0.05, 0) is 71.4 Å². The van der Waals surface area contributed by atoms with Crippen molar-refractivity contribution in [1.29, 1.82) is 0 Å². The van der Waals surface area contributed by atoms with Crippen LogP contribution in [0.3, 0.4) is 0 Å². The fourth-order valence-electron chi connectivity index (χ4n) is 3.23. The molecule has 0 spiro atoms. The Hall–Kier alpha value is -3.46. The van der Waals surface area contributed by atoms with E-state index in [1.165, 1.54) is 10.8 Å². The van der Waals surface area contributed by atoms with E-state index in [2.05, 4.69) is 71.6 Å². The summed E-state index contributed by atoms with van der Waals surface area (Å²) in [6.45, 7) is 0. The first-order valence-corrected chi connectivity index (χ1v) is 8.85. The fourth-order valence-corrected chi connectivity index (χ4v) is 3.23. The van der Waals surface area contributed by atoms with Crippen LogP contribution < -0.4 is 14.4 Å². The molecule has 0 saturated carbocycles. The number of benzene rings is 4. The van der Waals surface area contributed by atoms with Crippen LogP contribution in [0, 0.1) is 0 Å². The number of methoxy groups -OCH3 is 2. The molecule has 0 N–H and O–H groups in total. The standard InChI is InChI=1S/C24H21NO2/c1-26-23-13-9-20(10-14-23)25(21-11-15-24(27-2)16-12-21)22-8-7-18-5-3-4-6-19(18)17-22/h3-17H,1-2H3. The lowest BCUT2D eigenvalue weighted by molar-refractivity contribution is 0.415. The summed E-state index contributed by atoms with van der Waals surface area (Å²) >= 11 is 0. The predicted octanol–water partition coefficient (Wildman–Crippen LogP) is 6.33. The summed E-state index contributed by atoms with van der Waals surface area (Å²) in [6.07, 6.45) is 0. The van der Waals surface area contributed by atoms with E-state index in [1.54, 1.807) is 14.2 Å². The number of ether oxygens (including phenoxy) is 2. The lowest BCUT2D eigenvalue weighted by Gasteiger charge is -2.26. The van der Waals surface area contributed by atoms with Gasteiger partial charge < -0.3 is 14.4 Å². The van der Waals surface area contributed by atoms with Crippen LogP contribution in [0.25, 0.3) is 10.8 Å². The highest BCUT2D eigenvalue weighted by Gasteiger charge is 2.13. The van der Waals surface area contributed by atoms with Gasteiger partial charge in [0, 0.05) is 17.1 Å². The molecule has 0 aromatic heterocycles. The average Bonchev–Trinajstić information content (AvgIpc) is 2.75. The van der Waals surface area contributed by atoms with Crippen molar-refractivity contribution >= 4 is 27.8 Å². The van der Waals surface area contributed by atoms with E-state index < -0.39 is 0 Å². The van der Waals surface area contributed by atoms with Crippen molar-refractivity contribution in [3.05, 3.63) is 91.0 Å². The van der Waals surface area contributed by atoms with Gasteiger partial charge in [0.05, 0.1) is 14.2 Å². The van der Waals surface area contributed by atoms with Crippen molar-refractivity contribution in [2.24, 2.45) is 0 Å². The van der Waals surface area contributed by atoms with E-state index in [0.717, 1.165) is 28.6 Å². The predicted molar refractivity (Wildman–Crippen MR) is 112 cm³/mol. The van der Waals surface area contributed by atoms with Crippen molar-refractivity contribution < 1.29 is 9.47 Å². The molecule has 27 heavy (non-hydrogen) atoms. The summed E-state index contributed by atoms with van der Waals surface area (Å²) in [5.74, 6) is 1.68. The minimum Gasteiger partial charge on any atom is -0.497 e. The molecule has 4 aromatic rings. The van der Waals surface area contributed by atoms with Crippen molar-refractivity contribution in [2.75, 3.05) is 19.1 Å². The van der Waals surface area contributed by atoms with E-state index in [1.807, 2.05) is 24.3 Å². The smallest absolute Gasteiger partial charge is 0.119 e. The number of fused-ring (bicyclic) bond motifs is 1. The number of anilines is 3. The van der Waals surface area contributed by atoms with Gasteiger partial charge in [-0.2, -0.15) is 0 Å². The maximum absolute atomic E-state index is 5.31. The highest BCUT2D eigenvalue weighted by atomic mass is 16.5. The van der Waals surface area contributed by atoms with Gasteiger partial charge in [0.25, 0.3) is 0 Å². The van der Waals surface area contributed by atoms with Crippen molar-refractivity contribution in [1.82, 2.24) is 0 Å². The second-order valence-electron chi connectivity index (χ2n) is 6.26. The zero-order valence-corrected chi connectivity index (χ0v) is 15.4. The van der Waals surface area contributed by atoms with Crippen LogP contribution >= 0.6 is 0 Å². The van der Waals surface area contributed by atoms with Crippen LogP contribution in [0.4, 0.5) is 17.1 Å². The molecule has 0 radical (unpaired) electrons. The van der Waals surface area contributed by atoms with Crippen molar-refractivity contribution in [3.63, 3.8) is 0 Å². The highest BCUT2D eigenvalue weighted by Crippen LogP contribution is 2.37. The summed E-state index contributed by atoms with van der Waals surface area (Å²) < 4.78 is 10.6. The Morgan fingerprint density at radius 3 is 1.52 bits per heavy atom. The van der Waals surface area contributed by atoms with Gasteiger partial charge in [-0.1, -0.05) is 30.3 Å². The average molecular weight is 355 g/mol. The van der Waals surface area contributed by atoms with Gasteiger partial charge >= 0.3 is 0 Å². The Kier molecular flexibility index (Phi) is 4.67. The molecule has 0 heterocycles. The molecule has 0 unspecified atom stereocenters. The summed E-state index contributed by atoms with van der Waals surface area (Å²) in [6, 6.07) is 31.1. The normalized spacial score (nSPS) is 10.6. The van der Waals surface area contributed by atoms with Crippen LogP contribution in [0.5, 0.6) is 11.5 Å². The summed E-state index contributed by atoms with van der Waals surface area (Å²) in [5.41, 5.74) is 3.23. The van der Waals surface area contributed by atoms with Crippen LogP contribution in [0.1, 0.15) is 0 Å². The molecule has 0 fully saturated rings. The Morgan fingerprint density at radius 2 is 1.00 bits per heavy atom. The Labute approximate surface area is 159 Å². The second kappa shape index (κ2) is 7.42. The van der Waals surface area contributed by atoms with Gasteiger partial charge in [0.1, 0.15) is 11.5 Å². The van der Waals surface area contributed by atoms with Crippen LogP contribution in [0.2, 0.25) is 0 Å². The molecule has 0 atom stereocenters. The SMILES string of the molecule is COc1ccc(N(c2ccc(OC)cc2)c2ccc3ccccc3c2)cc1. The third-order valence-electron chi connectivity index (χ3n) is 4.65. The third-order valence-corrected chi connectivity index (χ3v) is 4.65. The number of hydrogen-bond donors (Lipinski definition) is 0. The molecule has 3 heteroatoms. The minimum atomic E-state index is 0.840. The molecule has 3 nitrogen and oxygen atoms in total. The monoisotopic (exact) mass is 355 g/mol. The van der Waals surface area contributed by atoms with Crippen molar-refractivity contribution in [3.8, 4) is 11.5 Å². The first kappa shape index (κ1) is 17.0. The van der Waals surface area contributed by atoms with Crippen molar-refractivity contribution in [2.45, 2.75) is 0 Å². The second-order valence-corrected chi connectivity index (χ2v) is 6.26. The molecule has 0 amide bonds. The molecule has 0 aliphatic carbocycles. The lowest BCUT2D eigenvalue weighted by atomic mass is 10.1. The fraction of sp³-hybridized carbons (Fsp3) is 0.0833. The quantitative estimate of drug-likeness (QED) is 0.418. The van der Waals surface area contributed by atoms with Gasteiger partial charge in [-0.25, -0.2) is 0 Å². The van der Waals surface area contributed by atoms with E-state index in [9.17, 15) is 0 Å². The van der Waals surface area contributed by atoms with E-state index in [0.29, 0.717) is 0 Å². The maximum atomic E-state index is 5.31. The van der Waals surface area contributed by atoms with Gasteiger partial charge in [0.2, 0.25) is 0 Å². The molecule has 0 aliphatic rings. The topological polar surface area (TPSA) is 21.7 Å². The molecule has 0 bridgehead atoms. The largest absolute Gasteiger partial charge is 0.497 e. The van der Waals surface area contributed by atoms with Crippen LogP contribution in [-0.4, -0.2) is 14.2 Å². The van der Waals surface area contributed by atoms with E-state index in [4.69, 9.17) is 9.47 Å². The van der Waals surface area contributed by atoms with Gasteiger partial charge in [0.15, 0.2) is 0 Å². The third kappa shape index (κ3) is 3.44. The number of hydrogen-bond acceptors (Lipinski definition) is 3. The van der Waals surface area contributed by atoms with Crippen LogP contribution in [-0.2, 0) is 0 Å². The molecule has 4 rings (SSSR count). The molecular weight excluding hydrogens is 334 g/mol. The Morgan fingerprint density at radius 1 is 0.519 bits per heavy atom. The zero-order chi connectivity index (χ0) is 18.6. The first-order chi connectivity index (χ1) is 13.3. The zero-order valence-electron chi connectivity index (χ0n) is 15.4. The van der Waals surface area contributed by atoms with Gasteiger partial charge in [-0.15, -0.1) is 0 Å². The summed E-state index contributed by atoms with van der Waals surface area (Å²) in [7, 11) is 3.36. The van der Waals surface area contributed by atoms with Gasteiger partial charge in [-0.3, -0.25) is 0 Å². The van der Waals surface area contributed by atoms with E-state index in [-0.39, 0.29) is 0 Å². The molecule has 0 aliphatic heterocycles. The highest BCUT2D eigenvalue weighted by molar-refractivity contribution is 5.89. The number of rotatable bonds is 5. The Balaban J connectivity index is 1.84. The Bertz CT molecular complexity index is 992. The minimum absolute atomic E-state index is 0.840. The summed E-state index contributed by atoms with van der Waals surface area (Å²) in [5, 5.41) is 2.44. The molecule has 0 saturated heterocycles. The molecule has 134 valence electrons. The van der Waals surface area contributed by atoms with Crippen LogP contribution in [0.15, 0.2) is 91.0 Å². The lowest BCUT2D eigenvalue weighted by Crippen LogP contribution is -2.09. The number of nitrogens with zero attached hydrogens (tertiary/aromatic N) is 1. The maximum Gasteiger partial charge on any atom is 0.119 e. The molecular formula is C24H21NO2. The first-order valence-electron chi connectivity index (χ1n) is 8.85. The van der Waals surface area contributed by atoms with E-state index >= 15 is 0 Å². The molecule has 4 aromatic carbocycles. The summed E-state index contributed by atoms with van der Waals surface area (Å²) in [4.78, 5) is 2.23.